The molecule has 0 N–H and O–H groups in total. The monoisotopic (exact) mass is 421 g/mol. The van der Waals surface area contributed by atoms with Gasteiger partial charge in [-0.05, 0) is 32.9 Å². The van der Waals surface area contributed by atoms with E-state index in [9.17, 15) is 23.3 Å². The molecule has 2 aromatic rings. The van der Waals surface area contributed by atoms with E-state index in [0.717, 1.165) is 17.9 Å². The van der Waals surface area contributed by atoms with Crippen LogP contribution in [-0.4, -0.2) is 56.6 Å². The molecule has 0 radical (unpaired) electrons. The van der Waals surface area contributed by atoms with Crippen LogP contribution in [0.3, 0.4) is 0 Å². The third kappa shape index (κ3) is 3.98. The molecule has 0 saturated carbocycles. The normalized spacial score (nSPS) is 14.9. The molecule has 1 aromatic carbocycles. The van der Waals surface area contributed by atoms with Crippen LogP contribution in [0, 0.1) is 30.9 Å². The number of anilines is 1. The zero-order valence-electron chi connectivity index (χ0n) is 16.8. The van der Waals surface area contributed by atoms with E-state index >= 15 is 0 Å². The van der Waals surface area contributed by atoms with E-state index in [1.807, 2.05) is 13.8 Å². The molecule has 1 aromatic heterocycles. The van der Waals surface area contributed by atoms with Gasteiger partial charge in [-0.1, -0.05) is 0 Å². The molecule has 0 spiro atoms. The number of benzene rings is 1. The molecule has 1 aliphatic heterocycles. The van der Waals surface area contributed by atoms with Crippen molar-refractivity contribution in [1.82, 2.24) is 4.90 Å². The number of carbonyl (C=O) groups is 1. The first-order valence-corrected chi connectivity index (χ1v) is 11.0. The van der Waals surface area contributed by atoms with Crippen molar-refractivity contribution in [2.24, 2.45) is 0 Å². The molecular weight excluding hydrogens is 398 g/mol. The molecule has 156 valence electrons. The van der Waals surface area contributed by atoms with Crippen LogP contribution in [0.4, 0.5) is 11.4 Å². The average Bonchev–Trinajstić information content (AvgIpc) is 2.92. The summed E-state index contributed by atoms with van der Waals surface area (Å²) in [6.07, 6.45) is 1.01. The van der Waals surface area contributed by atoms with Gasteiger partial charge >= 0.3 is 0 Å². The number of nitro benzene ring substituents is 1. The van der Waals surface area contributed by atoms with E-state index < -0.39 is 14.8 Å². The van der Waals surface area contributed by atoms with Crippen LogP contribution in [0.25, 0.3) is 0 Å². The minimum absolute atomic E-state index is 0.0944. The third-order valence-corrected chi connectivity index (χ3v) is 6.36. The van der Waals surface area contributed by atoms with Crippen LogP contribution in [0.2, 0.25) is 0 Å². The lowest BCUT2D eigenvalue weighted by molar-refractivity contribution is -0.384. The number of nitrogens with zero attached hydrogens (tertiary/aromatic N) is 3. The Labute approximate surface area is 169 Å². The molecule has 0 bridgehead atoms. The standard InChI is InChI=1S/C19H23N3O6S/c1-12-13(2)28-14(3)18(12)19(23)21-9-7-20(8-10-21)16-6-5-15(29(4,26)27)11-17(16)22(24)25/h5-6,11H,7-10H2,1-4H3. The number of hydrogen-bond acceptors (Lipinski definition) is 7. The number of hydrogen-bond donors (Lipinski definition) is 0. The summed E-state index contributed by atoms with van der Waals surface area (Å²) in [5, 5.41) is 11.5. The van der Waals surface area contributed by atoms with Gasteiger partial charge in [-0.15, -0.1) is 0 Å². The number of furan rings is 1. The Morgan fingerprint density at radius 2 is 1.72 bits per heavy atom. The van der Waals surface area contributed by atoms with Gasteiger partial charge in [0.1, 0.15) is 17.2 Å². The highest BCUT2D eigenvalue weighted by Gasteiger charge is 2.29. The molecule has 3 rings (SSSR count). The van der Waals surface area contributed by atoms with Crippen LogP contribution in [-0.2, 0) is 9.84 Å². The lowest BCUT2D eigenvalue weighted by Gasteiger charge is -2.36. The number of aryl methyl sites for hydroxylation is 2. The van der Waals surface area contributed by atoms with Crippen molar-refractivity contribution in [2.75, 3.05) is 37.3 Å². The van der Waals surface area contributed by atoms with Gasteiger partial charge in [0.15, 0.2) is 9.84 Å². The summed E-state index contributed by atoms with van der Waals surface area (Å²) in [7, 11) is -3.55. The predicted octanol–water partition coefficient (Wildman–Crippen LogP) is 2.48. The van der Waals surface area contributed by atoms with E-state index in [4.69, 9.17) is 4.42 Å². The second kappa shape index (κ2) is 7.51. The predicted molar refractivity (Wildman–Crippen MR) is 107 cm³/mol. The van der Waals surface area contributed by atoms with Gasteiger partial charge < -0.3 is 14.2 Å². The van der Waals surface area contributed by atoms with Crippen molar-refractivity contribution in [1.29, 1.82) is 0 Å². The Morgan fingerprint density at radius 3 is 2.21 bits per heavy atom. The Balaban J connectivity index is 1.80. The topological polar surface area (TPSA) is 114 Å². The number of rotatable bonds is 4. The van der Waals surface area contributed by atoms with Crippen molar-refractivity contribution in [3.63, 3.8) is 0 Å². The fraction of sp³-hybridized carbons (Fsp3) is 0.421. The first-order chi connectivity index (χ1) is 13.5. The smallest absolute Gasteiger partial charge is 0.293 e. The van der Waals surface area contributed by atoms with Crippen LogP contribution < -0.4 is 4.90 Å². The van der Waals surface area contributed by atoms with Crippen LogP contribution in [0.1, 0.15) is 27.4 Å². The molecule has 1 fully saturated rings. The molecule has 1 amide bonds. The summed E-state index contributed by atoms with van der Waals surface area (Å²) in [5.74, 6) is 1.18. The van der Waals surface area contributed by atoms with Crippen LogP contribution in [0.5, 0.6) is 0 Å². The molecule has 9 nitrogen and oxygen atoms in total. The fourth-order valence-electron chi connectivity index (χ4n) is 3.56. The van der Waals surface area contributed by atoms with Crippen molar-refractivity contribution in [3.8, 4) is 0 Å². The summed E-state index contributed by atoms with van der Waals surface area (Å²) in [6.45, 7) is 7.02. The highest BCUT2D eigenvalue weighted by Crippen LogP contribution is 2.32. The van der Waals surface area contributed by atoms with Crippen molar-refractivity contribution < 1.29 is 22.6 Å². The SMILES string of the molecule is Cc1oc(C)c(C(=O)N2CCN(c3ccc(S(C)(=O)=O)cc3[N+](=O)[O-])CC2)c1C. The number of piperazine rings is 1. The van der Waals surface area contributed by atoms with Crippen molar-refractivity contribution >= 4 is 27.1 Å². The maximum Gasteiger partial charge on any atom is 0.293 e. The molecule has 10 heteroatoms. The van der Waals surface area contributed by atoms with Gasteiger partial charge in [-0.25, -0.2) is 8.42 Å². The first kappa shape index (κ1) is 20.8. The molecule has 0 aliphatic carbocycles. The Hall–Kier alpha value is -2.88. The number of sulfone groups is 1. The zero-order chi connectivity index (χ0) is 21.5. The fourth-order valence-corrected chi connectivity index (χ4v) is 4.21. The molecule has 0 atom stereocenters. The number of nitro groups is 1. The minimum atomic E-state index is -3.55. The van der Waals surface area contributed by atoms with Crippen molar-refractivity contribution in [2.45, 2.75) is 25.7 Å². The van der Waals surface area contributed by atoms with E-state index in [1.54, 1.807) is 16.7 Å². The molecule has 1 aliphatic rings. The van der Waals surface area contributed by atoms with Gasteiger partial charge in [0.05, 0.1) is 15.4 Å². The molecular formula is C19H23N3O6S. The van der Waals surface area contributed by atoms with E-state index in [2.05, 4.69) is 0 Å². The third-order valence-electron chi connectivity index (χ3n) is 5.25. The van der Waals surface area contributed by atoms with Crippen molar-refractivity contribution in [3.05, 3.63) is 51.0 Å². The lowest BCUT2D eigenvalue weighted by Crippen LogP contribution is -2.49. The summed E-state index contributed by atoms with van der Waals surface area (Å²) >= 11 is 0. The maximum atomic E-state index is 12.9. The summed E-state index contributed by atoms with van der Waals surface area (Å²) in [5.41, 5.74) is 1.48. The van der Waals surface area contributed by atoms with E-state index in [0.29, 0.717) is 49.0 Å². The average molecular weight is 421 g/mol. The van der Waals surface area contributed by atoms with Gasteiger partial charge in [0.25, 0.3) is 11.6 Å². The largest absolute Gasteiger partial charge is 0.466 e. The quantitative estimate of drug-likeness (QED) is 0.550. The minimum Gasteiger partial charge on any atom is -0.466 e. The molecule has 1 saturated heterocycles. The van der Waals surface area contributed by atoms with Crippen LogP contribution >= 0.6 is 0 Å². The second-order valence-corrected chi connectivity index (χ2v) is 9.19. The Bertz CT molecular complexity index is 1080. The highest BCUT2D eigenvalue weighted by molar-refractivity contribution is 7.90. The van der Waals surface area contributed by atoms with E-state index in [-0.39, 0.29) is 16.5 Å². The summed E-state index contributed by atoms with van der Waals surface area (Å²) in [6, 6.07) is 3.92. The van der Waals surface area contributed by atoms with Gasteiger partial charge in [-0.3, -0.25) is 14.9 Å². The van der Waals surface area contributed by atoms with Crippen LogP contribution in [0.15, 0.2) is 27.5 Å². The Kier molecular flexibility index (Phi) is 5.40. The van der Waals surface area contributed by atoms with Gasteiger partial charge in [0, 0.05) is 44.1 Å². The molecule has 0 unspecified atom stereocenters. The highest BCUT2D eigenvalue weighted by atomic mass is 32.2. The molecule has 29 heavy (non-hydrogen) atoms. The Morgan fingerprint density at radius 1 is 1.10 bits per heavy atom. The van der Waals surface area contributed by atoms with Gasteiger partial charge in [-0.2, -0.15) is 0 Å². The second-order valence-electron chi connectivity index (χ2n) is 7.17. The zero-order valence-corrected chi connectivity index (χ0v) is 17.6. The lowest BCUT2D eigenvalue weighted by atomic mass is 10.1. The summed E-state index contributed by atoms with van der Waals surface area (Å²) in [4.78, 5) is 27.2. The number of carbonyl (C=O) groups excluding carboxylic acids is 1. The summed E-state index contributed by atoms with van der Waals surface area (Å²) < 4.78 is 29.0. The van der Waals surface area contributed by atoms with E-state index in [1.165, 1.54) is 12.1 Å². The van der Waals surface area contributed by atoms with Gasteiger partial charge in [0.2, 0.25) is 0 Å². The first-order valence-electron chi connectivity index (χ1n) is 9.10. The maximum absolute atomic E-state index is 12.9. The number of amides is 1. The molecule has 2 heterocycles.